The first-order valence-corrected chi connectivity index (χ1v) is 7.18. The molecule has 4 bridgehead atoms. The number of nitrogens with two attached hydrogens (primary N) is 1. The molecule has 0 aromatic carbocycles. The number of nitriles is 1. The topological polar surface area (TPSA) is 76.9 Å². The Hall–Kier alpha value is -1.24. The van der Waals surface area contributed by atoms with Gasteiger partial charge in [-0.25, -0.2) is 4.90 Å². The van der Waals surface area contributed by atoms with Crippen molar-refractivity contribution in [2.45, 2.75) is 38.5 Å². The first kappa shape index (κ1) is 11.8. The van der Waals surface area contributed by atoms with Gasteiger partial charge in [-0.05, 0) is 68.1 Å². The fraction of sp³-hybridized carbons (Fsp3) is 0.857. The van der Waals surface area contributed by atoms with Crippen molar-refractivity contribution in [2.75, 3.05) is 6.54 Å². The number of guanidine groups is 1. The minimum Gasteiger partial charge on any atom is -0.369 e. The summed E-state index contributed by atoms with van der Waals surface area (Å²) in [4.78, 5) is 1.32. The second-order valence-electron chi connectivity index (χ2n) is 6.52. The highest BCUT2D eigenvalue weighted by Crippen LogP contribution is 2.57. The predicted molar refractivity (Wildman–Crippen MR) is 69.4 cm³/mol. The van der Waals surface area contributed by atoms with E-state index in [2.05, 4.69) is 0 Å². The van der Waals surface area contributed by atoms with Crippen molar-refractivity contribution in [3.05, 3.63) is 0 Å². The summed E-state index contributed by atoms with van der Waals surface area (Å²) >= 11 is 0. The van der Waals surface area contributed by atoms with Crippen molar-refractivity contribution >= 4 is 5.96 Å². The van der Waals surface area contributed by atoms with E-state index >= 15 is 0 Å². The zero-order chi connectivity index (χ0) is 12.7. The van der Waals surface area contributed by atoms with Gasteiger partial charge < -0.3 is 5.73 Å². The van der Waals surface area contributed by atoms with Crippen LogP contribution in [0.2, 0.25) is 0 Å². The molecule has 0 amide bonds. The van der Waals surface area contributed by atoms with Crippen molar-refractivity contribution in [3.63, 3.8) is 0 Å². The molecule has 4 rings (SSSR count). The van der Waals surface area contributed by atoms with Gasteiger partial charge >= 0.3 is 0 Å². The predicted octanol–water partition coefficient (Wildman–Crippen LogP) is 2.13. The van der Waals surface area contributed by atoms with Crippen LogP contribution in [0.15, 0.2) is 0 Å². The molecule has 0 heterocycles. The molecule has 0 unspecified atom stereocenters. The summed E-state index contributed by atoms with van der Waals surface area (Å²) in [6, 6.07) is 0. The summed E-state index contributed by atoms with van der Waals surface area (Å²) in [6.07, 6.45) is 10.2. The third-order valence-electron chi connectivity index (χ3n) is 5.52. The van der Waals surface area contributed by atoms with Crippen LogP contribution in [0.5, 0.6) is 0 Å². The number of hydrogen-bond donors (Lipinski definition) is 2. The Morgan fingerprint density at radius 1 is 1.17 bits per heavy atom. The second kappa shape index (κ2) is 4.46. The van der Waals surface area contributed by atoms with Gasteiger partial charge in [-0.15, -0.1) is 0 Å². The molecule has 0 aromatic rings. The van der Waals surface area contributed by atoms with Crippen molar-refractivity contribution in [3.8, 4) is 6.19 Å². The lowest BCUT2D eigenvalue weighted by Crippen LogP contribution is -2.46. The highest BCUT2D eigenvalue weighted by Gasteiger charge is 2.47. The fourth-order valence-corrected chi connectivity index (χ4v) is 5.01. The molecule has 98 valence electrons. The van der Waals surface area contributed by atoms with Crippen LogP contribution in [0.25, 0.3) is 0 Å². The van der Waals surface area contributed by atoms with E-state index in [4.69, 9.17) is 16.4 Å². The number of nitrogens with one attached hydrogen (secondary N) is 1. The Labute approximate surface area is 109 Å². The van der Waals surface area contributed by atoms with Crippen LogP contribution in [0, 0.1) is 46.5 Å². The molecule has 4 aliphatic carbocycles. The molecule has 0 saturated heterocycles. The van der Waals surface area contributed by atoms with E-state index in [-0.39, 0.29) is 5.96 Å². The number of hydrogen-bond acceptors (Lipinski definition) is 2. The summed E-state index contributed by atoms with van der Waals surface area (Å²) in [7, 11) is 0. The highest BCUT2D eigenvalue weighted by molar-refractivity contribution is 5.76. The SMILES string of the molecule is N#CN(CCC1C2CC3CC(C2)CC1C3)C(=N)N. The lowest BCUT2D eigenvalue weighted by atomic mass is 9.51. The Morgan fingerprint density at radius 3 is 2.17 bits per heavy atom. The van der Waals surface area contributed by atoms with Crippen LogP contribution in [0.4, 0.5) is 0 Å². The smallest absolute Gasteiger partial charge is 0.201 e. The molecule has 4 aliphatic rings. The van der Waals surface area contributed by atoms with Crippen LogP contribution < -0.4 is 5.73 Å². The van der Waals surface area contributed by atoms with Crippen molar-refractivity contribution in [1.82, 2.24) is 4.90 Å². The van der Waals surface area contributed by atoms with Crippen LogP contribution in [-0.4, -0.2) is 17.4 Å². The zero-order valence-electron chi connectivity index (χ0n) is 10.8. The fourth-order valence-electron chi connectivity index (χ4n) is 5.01. The van der Waals surface area contributed by atoms with Gasteiger partial charge in [-0.1, -0.05) is 0 Å². The van der Waals surface area contributed by atoms with Gasteiger partial charge in [0.1, 0.15) is 0 Å². The minimum absolute atomic E-state index is 0.110. The molecule has 0 aromatic heterocycles. The van der Waals surface area contributed by atoms with Gasteiger partial charge in [0.05, 0.1) is 0 Å². The van der Waals surface area contributed by atoms with Crippen LogP contribution >= 0.6 is 0 Å². The first-order chi connectivity index (χ1) is 8.67. The van der Waals surface area contributed by atoms with Crippen LogP contribution in [0.3, 0.4) is 0 Å². The molecule has 4 heteroatoms. The monoisotopic (exact) mass is 246 g/mol. The third-order valence-corrected chi connectivity index (χ3v) is 5.52. The summed E-state index contributed by atoms with van der Waals surface area (Å²) < 4.78 is 0. The summed E-state index contributed by atoms with van der Waals surface area (Å²) in [5.41, 5.74) is 5.39. The molecule has 0 atom stereocenters. The molecule has 0 aliphatic heterocycles. The average molecular weight is 246 g/mol. The van der Waals surface area contributed by atoms with Gasteiger partial charge in [0, 0.05) is 6.54 Å². The van der Waals surface area contributed by atoms with Gasteiger partial charge in [0.15, 0.2) is 6.19 Å². The molecule has 4 fully saturated rings. The maximum atomic E-state index is 8.93. The summed E-state index contributed by atoms with van der Waals surface area (Å²) in [5, 5.41) is 16.3. The quantitative estimate of drug-likeness (QED) is 0.346. The average Bonchev–Trinajstić information content (AvgIpc) is 2.31. The summed E-state index contributed by atoms with van der Waals surface area (Å²) in [5.74, 6) is 4.48. The summed E-state index contributed by atoms with van der Waals surface area (Å²) in [6.45, 7) is 0.638. The van der Waals surface area contributed by atoms with Gasteiger partial charge in [0.2, 0.25) is 5.96 Å². The molecule has 3 N–H and O–H groups in total. The van der Waals surface area contributed by atoms with E-state index in [1.54, 1.807) is 0 Å². The third kappa shape index (κ3) is 1.96. The van der Waals surface area contributed by atoms with Crippen LogP contribution in [-0.2, 0) is 0 Å². The molecule has 4 saturated carbocycles. The second-order valence-corrected chi connectivity index (χ2v) is 6.52. The highest BCUT2D eigenvalue weighted by atomic mass is 15.2. The minimum atomic E-state index is -0.110. The molecule has 18 heavy (non-hydrogen) atoms. The lowest BCUT2D eigenvalue weighted by Gasteiger charge is -2.54. The molecule has 0 spiro atoms. The van der Waals surface area contributed by atoms with E-state index in [1.807, 2.05) is 6.19 Å². The van der Waals surface area contributed by atoms with Gasteiger partial charge in [0.25, 0.3) is 0 Å². The van der Waals surface area contributed by atoms with E-state index in [0.717, 1.165) is 36.0 Å². The Balaban J connectivity index is 1.60. The number of nitrogens with zero attached hydrogens (tertiary/aromatic N) is 2. The molecular formula is C14H22N4. The molecule has 4 nitrogen and oxygen atoms in total. The number of rotatable bonds is 3. The van der Waals surface area contributed by atoms with Gasteiger partial charge in [-0.3, -0.25) is 5.41 Å². The van der Waals surface area contributed by atoms with E-state index in [9.17, 15) is 0 Å². The molecule has 0 radical (unpaired) electrons. The van der Waals surface area contributed by atoms with E-state index in [1.165, 1.54) is 37.0 Å². The Morgan fingerprint density at radius 2 is 1.72 bits per heavy atom. The van der Waals surface area contributed by atoms with E-state index in [0.29, 0.717) is 6.54 Å². The van der Waals surface area contributed by atoms with Crippen molar-refractivity contribution in [2.24, 2.45) is 35.3 Å². The van der Waals surface area contributed by atoms with Crippen molar-refractivity contribution < 1.29 is 0 Å². The van der Waals surface area contributed by atoms with E-state index < -0.39 is 0 Å². The lowest BCUT2D eigenvalue weighted by molar-refractivity contribution is -0.0403. The maximum absolute atomic E-state index is 8.93. The van der Waals surface area contributed by atoms with Crippen LogP contribution in [0.1, 0.15) is 38.5 Å². The largest absolute Gasteiger partial charge is 0.369 e. The zero-order valence-corrected chi connectivity index (χ0v) is 10.8. The Bertz CT molecular complexity index is 356. The first-order valence-electron chi connectivity index (χ1n) is 7.18. The van der Waals surface area contributed by atoms with Gasteiger partial charge in [-0.2, -0.15) is 5.26 Å². The van der Waals surface area contributed by atoms with Crippen molar-refractivity contribution in [1.29, 1.82) is 10.7 Å². The molecular weight excluding hydrogens is 224 g/mol. The Kier molecular flexibility index (Phi) is 2.93. The maximum Gasteiger partial charge on any atom is 0.201 e. The standard InChI is InChI=1S/C14H22N4/c15-8-18(14(16)17)2-1-13-11-4-9-3-10(6-11)7-12(13)5-9/h9-13H,1-7H2,(H3,16,17). The normalized spacial score (nSPS) is 40.5.